The molecule has 0 aliphatic heterocycles. The molecule has 0 bridgehead atoms. The summed E-state index contributed by atoms with van der Waals surface area (Å²) in [5, 5.41) is 30.3. The van der Waals surface area contributed by atoms with Gasteiger partial charge in [-0.3, -0.25) is 9.59 Å². The first-order chi connectivity index (χ1) is 5.66. The van der Waals surface area contributed by atoms with E-state index in [9.17, 15) is 0 Å². The Balaban J connectivity index is -0.0000000145. The van der Waals surface area contributed by atoms with Gasteiger partial charge in [-0.15, -0.1) is 0 Å². The van der Waals surface area contributed by atoms with E-state index in [-0.39, 0.29) is 45.9 Å². The van der Waals surface area contributed by atoms with E-state index in [0.717, 1.165) is 0 Å². The zero-order chi connectivity index (χ0) is 10.8. The summed E-state index contributed by atoms with van der Waals surface area (Å²) in [7, 11) is 0. The maximum atomic E-state index is 8.36. The molecular weight excluding hydrogens is 273 g/mol. The molecule has 0 amide bonds. The van der Waals surface area contributed by atoms with Crippen LogP contribution in [0.2, 0.25) is 0 Å². The van der Waals surface area contributed by atoms with Gasteiger partial charge in [-0.05, 0) is 0 Å². The third-order valence-corrected chi connectivity index (χ3v) is 0. The predicted octanol–water partition coefficient (Wildman–Crippen LogP) is -3.76. The van der Waals surface area contributed by atoms with Crippen molar-refractivity contribution in [3.8, 4) is 0 Å². The van der Waals surface area contributed by atoms with Gasteiger partial charge in [0.25, 0.3) is 12.9 Å². The number of carbonyl (C=O) groups is 4. The second-order valence-corrected chi connectivity index (χ2v) is 0.403. The van der Waals surface area contributed by atoms with E-state index in [1.54, 1.807) is 0 Å². The van der Waals surface area contributed by atoms with Crippen molar-refractivity contribution in [2.24, 2.45) is 0 Å². The van der Waals surface area contributed by atoms with Crippen molar-refractivity contribution in [2.75, 3.05) is 0 Å². The molecule has 0 heterocycles. The van der Waals surface area contributed by atoms with Crippen LogP contribution in [0.4, 0.5) is 0 Å². The van der Waals surface area contributed by atoms with E-state index >= 15 is 0 Å². The first kappa shape index (κ1) is 38.4. The van der Waals surface area contributed by atoms with Gasteiger partial charge in [0.2, 0.25) is 0 Å². The van der Waals surface area contributed by atoms with Crippen molar-refractivity contribution in [3.05, 3.63) is 0 Å². The fraction of sp³-hybridized carbons (Fsp3) is 0. The van der Waals surface area contributed by atoms with Crippen LogP contribution in [0.1, 0.15) is 0 Å². The minimum Gasteiger partial charge on any atom is -0.554 e. The Morgan fingerprint density at radius 3 is 0.786 bits per heavy atom. The molecule has 0 saturated carbocycles. The van der Waals surface area contributed by atoms with E-state index in [1.807, 2.05) is 0 Å². The number of carboxylic acid groups (broad SMARTS) is 4. The molecule has 0 aromatic heterocycles. The van der Waals surface area contributed by atoms with E-state index in [0.29, 0.717) is 0 Å². The molecule has 0 rings (SSSR count). The Kier molecular flexibility index (Phi) is 471. The smallest absolute Gasteiger partial charge is 0.554 e. The van der Waals surface area contributed by atoms with Gasteiger partial charge in [0, 0.05) is 12.9 Å². The molecule has 0 fully saturated rings. The van der Waals surface area contributed by atoms with E-state index in [2.05, 4.69) is 0 Å². The van der Waals surface area contributed by atoms with Gasteiger partial charge < -0.3 is 30.0 Å². The normalized spacial score (nSPS) is 3.43. The molecule has 0 aromatic rings. The van der Waals surface area contributed by atoms with Gasteiger partial charge >= 0.3 is 19.5 Å². The third kappa shape index (κ3) is 801. The molecule has 80 valence electrons. The van der Waals surface area contributed by atoms with E-state index in [4.69, 9.17) is 39.6 Å². The number of rotatable bonds is 0. The number of hydrogen-bond acceptors (Lipinski definition) is 6. The Labute approximate surface area is 98.8 Å². The van der Waals surface area contributed by atoms with Gasteiger partial charge in [-0.1, -0.05) is 0 Å². The van der Waals surface area contributed by atoms with Gasteiger partial charge in [-0.2, -0.15) is 13.5 Å². The molecule has 14 heavy (non-hydrogen) atoms. The second kappa shape index (κ2) is 171. The molecular formula is C4H8O8SZn. The summed E-state index contributed by atoms with van der Waals surface area (Å²) >= 11 is 0. The quantitative estimate of drug-likeness (QED) is 0.339. The number of carbonyl (C=O) groups excluding carboxylic acids is 2. The average molecular weight is 282 g/mol. The average Bonchev–Trinajstić information content (AvgIpc) is 1.92. The van der Waals surface area contributed by atoms with Crippen molar-refractivity contribution in [2.45, 2.75) is 0 Å². The van der Waals surface area contributed by atoms with E-state index < -0.39 is 12.9 Å². The van der Waals surface area contributed by atoms with Crippen LogP contribution in [-0.2, 0) is 38.7 Å². The summed E-state index contributed by atoms with van der Waals surface area (Å²) in [4.78, 5) is 33.2. The Morgan fingerprint density at radius 1 is 0.786 bits per heavy atom. The molecule has 2 N–H and O–H groups in total. The van der Waals surface area contributed by atoms with Gasteiger partial charge in [0.1, 0.15) is 0 Å². The van der Waals surface area contributed by atoms with Crippen molar-refractivity contribution >= 4 is 39.4 Å². The van der Waals surface area contributed by atoms with Crippen LogP contribution in [-0.4, -0.2) is 36.1 Å². The van der Waals surface area contributed by atoms with Crippen LogP contribution in [0, 0.1) is 0 Å². The van der Waals surface area contributed by atoms with Crippen LogP contribution in [0.3, 0.4) is 0 Å². The fourth-order valence-corrected chi connectivity index (χ4v) is 0. The molecule has 0 aliphatic rings. The Morgan fingerprint density at radius 2 is 0.786 bits per heavy atom. The molecule has 10 heteroatoms. The first-order valence-corrected chi connectivity index (χ1v) is 1.93. The molecule has 0 saturated heterocycles. The molecule has 0 radical (unpaired) electrons. The SMILES string of the molecule is O=CO.O=CO.O=C[O-].O=C[O-].S.[Zn+2]. The van der Waals surface area contributed by atoms with E-state index in [1.165, 1.54) is 0 Å². The standard InChI is InChI=1S/4CH2O2.H2S.Zn/c4*2-1-3;;/h4*1H,(H,2,3);1H2;/q;;;;;+2/p-2. The van der Waals surface area contributed by atoms with Crippen molar-refractivity contribution in [1.29, 1.82) is 0 Å². The van der Waals surface area contributed by atoms with Crippen LogP contribution in [0.5, 0.6) is 0 Å². The van der Waals surface area contributed by atoms with Crippen molar-refractivity contribution in [1.82, 2.24) is 0 Å². The summed E-state index contributed by atoms with van der Waals surface area (Å²) in [6.45, 7) is -1.50. The van der Waals surface area contributed by atoms with Crippen LogP contribution in [0.15, 0.2) is 0 Å². The summed E-state index contributed by atoms with van der Waals surface area (Å²) in [5.41, 5.74) is 0. The Bertz CT molecular complexity index is 75.3. The summed E-state index contributed by atoms with van der Waals surface area (Å²) in [6, 6.07) is 0. The van der Waals surface area contributed by atoms with Gasteiger partial charge in [0.15, 0.2) is 0 Å². The summed E-state index contributed by atoms with van der Waals surface area (Å²) in [5.74, 6) is 0. The molecule has 0 spiro atoms. The first-order valence-electron chi connectivity index (χ1n) is 1.93. The maximum absolute atomic E-state index is 8.36. The number of hydrogen-bond donors (Lipinski definition) is 2. The molecule has 0 atom stereocenters. The zero-order valence-electron chi connectivity index (χ0n) is 6.86. The minimum atomic E-state index is -0.500. The topological polar surface area (TPSA) is 155 Å². The zero-order valence-corrected chi connectivity index (χ0v) is 10.8. The molecule has 0 aliphatic carbocycles. The van der Waals surface area contributed by atoms with Crippen molar-refractivity contribution < 1.29 is 59.1 Å². The van der Waals surface area contributed by atoms with Crippen molar-refractivity contribution in [3.63, 3.8) is 0 Å². The molecule has 8 nitrogen and oxygen atoms in total. The molecule has 0 aromatic carbocycles. The monoisotopic (exact) mass is 280 g/mol. The summed E-state index contributed by atoms with van der Waals surface area (Å²) < 4.78 is 0. The largest absolute Gasteiger partial charge is 2.00 e. The maximum Gasteiger partial charge on any atom is 2.00 e. The summed E-state index contributed by atoms with van der Waals surface area (Å²) in [6.07, 6.45) is 0. The van der Waals surface area contributed by atoms with Crippen LogP contribution >= 0.6 is 13.5 Å². The second-order valence-electron chi connectivity index (χ2n) is 0.403. The predicted molar refractivity (Wildman–Crippen MR) is 39.9 cm³/mol. The van der Waals surface area contributed by atoms with Crippen LogP contribution in [0.25, 0.3) is 0 Å². The fourth-order valence-electron chi connectivity index (χ4n) is 0. The Hall–Kier alpha value is -1.15. The van der Waals surface area contributed by atoms with Crippen LogP contribution < -0.4 is 10.2 Å². The third-order valence-electron chi connectivity index (χ3n) is 0. The molecule has 0 unspecified atom stereocenters. The minimum absolute atomic E-state index is 0. The van der Waals surface area contributed by atoms with Gasteiger partial charge in [0.05, 0.1) is 0 Å². The van der Waals surface area contributed by atoms with Gasteiger partial charge in [-0.25, -0.2) is 0 Å².